The Balaban J connectivity index is 1.02. The molecule has 2 aromatic heterocycles. The van der Waals surface area contributed by atoms with Gasteiger partial charge in [0.15, 0.2) is 23.5 Å². The van der Waals surface area contributed by atoms with Gasteiger partial charge in [-0.2, -0.15) is 0 Å². The molecule has 3 amide bonds. The first-order chi connectivity index (χ1) is 25.4. The first-order valence-corrected chi connectivity index (χ1v) is 17.0. The van der Waals surface area contributed by atoms with Gasteiger partial charge in [-0.3, -0.25) is 23.7 Å². The maximum Gasteiger partial charge on any atom is 0.243 e. The summed E-state index contributed by atoms with van der Waals surface area (Å²) >= 11 is 0. The number of ether oxygens (including phenoxy) is 1. The number of benzene rings is 2. The van der Waals surface area contributed by atoms with Crippen LogP contribution in [0.1, 0.15) is 60.7 Å². The first kappa shape index (κ1) is 38.5. The monoisotopic (exact) mass is 726 g/mol. The summed E-state index contributed by atoms with van der Waals surface area (Å²) in [5.41, 5.74) is 20.6. The lowest BCUT2D eigenvalue weighted by Gasteiger charge is -2.20. The number of nitrogens with two attached hydrogens (primary N) is 3. The van der Waals surface area contributed by atoms with Crippen molar-refractivity contribution in [1.82, 2.24) is 24.8 Å². The van der Waals surface area contributed by atoms with E-state index in [1.54, 1.807) is 48.5 Å². The van der Waals surface area contributed by atoms with E-state index in [1.165, 1.54) is 17.2 Å². The summed E-state index contributed by atoms with van der Waals surface area (Å²) in [5, 5.41) is 29.3. The highest BCUT2D eigenvalue weighted by molar-refractivity contribution is 6.09. The number of aliphatic hydroxyl groups excluding tert-OH is 2. The van der Waals surface area contributed by atoms with Crippen molar-refractivity contribution >= 4 is 51.9 Å². The molecular formula is C36H42N10O7. The predicted molar refractivity (Wildman–Crippen MR) is 195 cm³/mol. The molecule has 1 aliphatic heterocycles. The van der Waals surface area contributed by atoms with Crippen LogP contribution in [0.25, 0.3) is 11.2 Å². The van der Waals surface area contributed by atoms with Gasteiger partial charge in [0.2, 0.25) is 17.7 Å². The molecule has 2 aromatic carbocycles. The van der Waals surface area contributed by atoms with Crippen LogP contribution in [0.2, 0.25) is 0 Å². The number of carbonyl (C=O) groups excluding carboxylic acids is 4. The normalized spacial score (nSPS) is 19.2. The lowest BCUT2D eigenvalue weighted by atomic mass is 9.98. The Bertz CT molecular complexity index is 1960. The number of unbranched alkanes of at least 4 members (excludes halogenated alkanes) is 1. The van der Waals surface area contributed by atoms with Gasteiger partial charge in [0.05, 0.1) is 25.0 Å². The summed E-state index contributed by atoms with van der Waals surface area (Å²) in [7, 11) is 0. The SMILES string of the molecule is C#CCCCC(=O)Nc1ccc(C(=O)c2ccc(NC(=O)CNC(=O)[C@@H](N)CC[C@H](N)C[C@H]3O[C@@H](n4cnc5c(N)ncnc54)[C@H](O)[C@@H]3O)cc2)cc1. The molecule has 4 aromatic rings. The number of aromatic nitrogens is 4. The average Bonchev–Trinajstić information content (AvgIpc) is 3.70. The summed E-state index contributed by atoms with van der Waals surface area (Å²) in [6, 6.07) is 11.3. The molecule has 3 heterocycles. The number of aliphatic hydroxyl groups is 2. The molecular weight excluding hydrogens is 684 g/mol. The van der Waals surface area contributed by atoms with Crippen LogP contribution in [0, 0.1) is 12.3 Å². The van der Waals surface area contributed by atoms with E-state index in [9.17, 15) is 29.4 Å². The largest absolute Gasteiger partial charge is 0.388 e. The van der Waals surface area contributed by atoms with E-state index < -0.39 is 48.4 Å². The minimum absolute atomic E-state index is 0.157. The maximum atomic E-state index is 12.9. The van der Waals surface area contributed by atoms with Gasteiger partial charge in [-0.1, -0.05) is 0 Å². The molecule has 0 spiro atoms. The van der Waals surface area contributed by atoms with E-state index >= 15 is 0 Å². The second-order valence-corrected chi connectivity index (χ2v) is 12.7. The van der Waals surface area contributed by atoms with Gasteiger partial charge in [0, 0.05) is 41.4 Å². The van der Waals surface area contributed by atoms with E-state index in [-0.39, 0.29) is 36.9 Å². The Labute approximate surface area is 304 Å². The van der Waals surface area contributed by atoms with Gasteiger partial charge >= 0.3 is 0 Å². The minimum atomic E-state index is -1.29. The number of hydrogen-bond acceptors (Lipinski definition) is 13. The van der Waals surface area contributed by atoms with Gasteiger partial charge in [-0.15, -0.1) is 12.3 Å². The zero-order valence-corrected chi connectivity index (χ0v) is 28.7. The number of fused-ring (bicyclic) bond motifs is 1. The molecule has 0 aliphatic carbocycles. The van der Waals surface area contributed by atoms with Crippen LogP contribution < -0.4 is 33.2 Å². The van der Waals surface area contributed by atoms with Crippen molar-refractivity contribution in [3.63, 3.8) is 0 Å². The van der Waals surface area contributed by atoms with Crippen molar-refractivity contribution in [3.05, 3.63) is 72.3 Å². The lowest BCUT2D eigenvalue weighted by Crippen LogP contribution is -2.44. The number of rotatable bonds is 16. The summed E-state index contributed by atoms with van der Waals surface area (Å²) in [6.45, 7) is -0.340. The molecule has 11 N–H and O–H groups in total. The van der Waals surface area contributed by atoms with E-state index in [0.29, 0.717) is 59.3 Å². The second-order valence-electron chi connectivity index (χ2n) is 12.7. The molecule has 278 valence electrons. The molecule has 53 heavy (non-hydrogen) atoms. The van der Waals surface area contributed by atoms with Crippen LogP contribution in [0.3, 0.4) is 0 Å². The van der Waals surface area contributed by atoms with E-state index in [4.69, 9.17) is 28.4 Å². The number of amides is 3. The zero-order chi connectivity index (χ0) is 38.1. The summed E-state index contributed by atoms with van der Waals surface area (Å²) in [4.78, 5) is 62.2. The Hall–Kier alpha value is -5.77. The van der Waals surface area contributed by atoms with Crippen LogP contribution in [-0.4, -0.2) is 90.2 Å². The minimum Gasteiger partial charge on any atom is -0.388 e. The van der Waals surface area contributed by atoms with Crippen molar-refractivity contribution in [2.75, 3.05) is 22.9 Å². The van der Waals surface area contributed by atoms with Gasteiger partial charge in [-0.25, -0.2) is 15.0 Å². The third kappa shape index (κ3) is 9.77. The maximum absolute atomic E-state index is 12.9. The third-order valence-corrected chi connectivity index (χ3v) is 8.73. The van der Waals surface area contributed by atoms with Crippen LogP contribution in [-0.2, 0) is 19.1 Å². The molecule has 0 radical (unpaired) electrons. The molecule has 1 fully saturated rings. The van der Waals surface area contributed by atoms with Gasteiger partial charge in [0.25, 0.3) is 0 Å². The molecule has 0 bridgehead atoms. The fraction of sp³-hybridized carbons (Fsp3) is 0.361. The fourth-order valence-corrected chi connectivity index (χ4v) is 5.81. The molecule has 0 saturated carbocycles. The van der Waals surface area contributed by atoms with Gasteiger partial charge in [0.1, 0.15) is 24.1 Å². The smallest absolute Gasteiger partial charge is 0.243 e. The van der Waals surface area contributed by atoms with Gasteiger partial charge < -0.3 is 48.1 Å². The number of terminal acetylenes is 1. The fourth-order valence-electron chi connectivity index (χ4n) is 5.81. The lowest BCUT2D eigenvalue weighted by molar-refractivity contribution is -0.125. The second kappa shape index (κ2) is 17.6. The van der Waals surface area contributed by atoms with E-state index in [1.807, 2.05) is 0 Å². The quantitative estimate of drug-likeness (QED) is 0.0446. The molecule has 1 saturated heterocycles. The molecule has 1 aliphatic rings. The summed E-state index contributed by atoms with van der Waals surface area (Å²) in [6.07, 6.45) is 5.61. The van der Waals surface area contributed by atoms with E-state index in [0.717, 1.165) is 0 Å². The van der Waals surface area contributed by atoms with Crippen molar-refractivity contribution in [1.29, 1.82) is 0 Å². The van der Waals surface area contributed by atoms with Gasteiger partial charge in [-0.05, 0) is 74.2 Å². The zero-order valence-electron chi connectivity index (χ0n) is 28.7. The molecule has 17 heteroatoms. The van der Waals surface area contributed by atoms with Crippen molar-refractivity contribution in [2.45, 2.75) is 75.1 Å². The number of carbonyl (C=O) groups is 4. The number of nitrogens with one attached hydrogen (secondary N) is 3. The van der Waals surface area contributed by atoms with Crippen LogP contribution in [0.5, 0.6) is 0 Å². The first-order valence-electron chi connectivity index (χ1n) is 17.0. The number of nitrogens with zero attached hydrogens (tertiary/aromatic N) is 4. The Kier molecular flexibility index (Phi) is 12.8. The number of ketones is 1. The highest BCUT2D eigenvalue weighted by Gasteiger charge is 2.44. The number of hydrogen-bond donors (Lipinski definition) is 8. The predicted octanol–water partition coefficient (Wildman–Crippen LogP) is 0.581. The standard InChI is InChI=1S/C36H42N10O7/c1-2-3-4-5-27(47)44-23-11-6-20(7-12-23)30(49)21-8-13-24(14-9-21)45-28(48)17-40-35(52)25(38)15-10-22(37)16-26-31(50)32(51)36(53-26)46-19-43-29-33(39)41-18-42-34(29)46/h1,6-9,11-14,18-19,22,25-26,31-32,36,50-51H,3-5,10,15-17,37-38H2,(H,40,52)(H,44,47)(H,45,48)(H2,39,41,42)/t22-,25-,26+,31+,32+,36+/m0/s1. The molecule has 17 nitrogen and oxygen atoms in total. The topological polar surface area (TPSA) is 276 Å². The average molecular weight is 727 g/mol. The summed E-state index contributed by atoms with van der Waals surface area (Å²) in [5.74, 6) is 1.21. The van der Waals surface area contributed by atoms with Crippen molar-refractivity contribution in [3.8, 4) is 12.3 Å². The van der Waals surface area contributed by atoms with Crippen LogP contribution >= 0.6 is 0 Å². The molecule has 6 atom stereocenters. The summed E-state index contributed by atoms with van der Waals surface area (Å²) < 4.78 is 7.41. The number of anilines is 3. The van der Waals surface area contributed by atoms with Crippen molar-refractivity contribution < 1.29 is 34.1 Å². The Morgan fingerprint density at radius 1 is 0.906 bits per heavy atom. The van der Waals surface area contributed by atoms with Crippen LogP contribution in [0.15, 0.2) is 61.2 Å². The Morgan fingerprint density at radius 3 is 2.19 bits per heavy atom. The highest BCUT2D eigenvalue weighted by atomic mass is 16.6. The number of nitrogen functional groups attached to an aromatic ring is 1. The van der Waals surface area contributed by atoms with Crippen LogP contribution in [0.4, 0.5) is 17.2 Å². The van der Waals surface area contributed by atoms with Crippen molar-refractivity contribution in [2.24, 2.45) is 11.5 Å². The highest BCUT2D eigenvalue weighted by Crippen LogP contribution is 2.34. The molecule has 0 unspecified atom stereocenters. The third-order valence-electron chi connectivity index (χ3n) is 8.73. The number of imidazole rings is 1. The Morgan fingerprint density at radius 2 is 1.55 bits per heavy atom. The molecule has 5 rings (SSSR count). The van der Waals surface area contributed by atoms with E-state index in [2.05, 4.69) is 36.8 Å².